The number of halogens is 2. The van der Waals surface area contributed by atoms with Gasteiger partial charge < -0.3 is 20.1 Å². The number of anilines is 2. The molecule has 0 radical (unpaired) electrons. The number of benzene rings is 2. The van der Waals surface area contributed by atoms with Crippen molar-refractivity contribution in [2.75, 3.05) is 24.4 Å². The van der Waals surface area contributed by atoms with Crippen molar-refractivity contribution in [2.45, 2.75) is 33.1 Å². The summed E-state index contributed by atoms with van der Waals surface area (Å²) >= 11 is 9.37. The minimum absolute atomic E-state index is 0.0177. The van der Waals surface area contributed by atoms with Crippen molar-refractivity contribution in [1.29, 1.82) is 0 Å². The Kier molecular flexibility index (Phi) is 9.33. The Balaban J connectivity index is 1.72. The van der Waals surface area contributed by atoms with Gasteiger partial charge >= 0.3 is 5.97 Å². The first kappa shape index (κ1) is 24.7. The predicted molar refractivity (Wildman–Crippen MR) is 124 cm³/mol. The van der Waals surface area contributed by atoms with Crippen LogP contribution in [0.2, 0.25) is 5.02 Å². The van der Waals surface area contributed by atoms with Crippen molar-refractivity contribution in [2.24, 2.45) is 0 Å². The second-order valence-electron chi connectivity index (χ2n) is 6.87. The average Bonchev–Trinajstić information content (AvgIpc) is 2.70. The van der Waals surface area contributed by atoms with Crippen LogP contribution in [-0.2, 0) is 19.1 Å². The van der Waals surface area contributed by atoms with Gasteiger partial charge in [0.25, 0.3) is 5.91 Å². The first-order chi connectivity index (χ1) is 14.7. The van der Waals surface area contributed by atoms with E-state index in [4.69, 9.17) is 21.1 Å². The number of esters is 1. The van der Waals surface area contributed by atoms with E-state index < -0.39 is 11.9 Å². The molecule has 2 N–H and O–H groups in total. The summed E-state index contributed by atoms with van der Waals surface area (Å²) in [7, 11) is 1.49. The Labute approximate surface area is 194 Å². The van der Waals surface area contributed by atoms with Crippen LogP contribution in [0.1, 0.15) is 30.4 Å². The Morgan fingerprint density at radius 2 is 1.68 bits per heavy atom. The molecule has 2 aromatic carbocycles. The van der Waals surface area contributed by atoms with Crippen LogP contribution in [0, 0.1) is 13.8 Å². The third-order valence-electron chi connectivity index (χ3n) is 4.36. The Morgan fingerprint density at radius 3 is 2.39 bits per heavy atom. The van der Waals surface area contributed by atoms with Gasteiger partial charge in [-0.15, -0.1) is 0 Å². The molecule has 0 aliphatic heterocycles. The zero-order chi connectivity index (χ0) is 23.0. The van der Waals surface area contributed by atoms with Gasteiger partial charge in [0.2, 0.25) is 5.91 Å². The van der Waals surface area contributed by atoms with Crippen molar-refractivity contribution in [3.05, 3.63) is 51.0 Å². The van der Waals surface area contributed by atoms with Gasteiger partial charge in [0.05, 0.1) is 12.8 Å². The van der Waals surface area contributed by atoms with Gasteiger partial charge in [-0.05, 0) is 61.7 Å². The Bertz CT molecular complexity index is 981. The molecule has 0 spiro atoms. The van der Waals surface area contributed by atoms with Gasteiger partial charge in [-0.25, -0.2) is 0 Å². The average molecular weight is 512 g/mol. The van der Waals surface area contributed by atoms with E-state index in [1.165, 1.54) is 7.11 Å². The van der Waals surface area contributed by atoms with Gasteiger partial charge in [0.15, 0.2) is 6.61 Å². The number of carbonyl (C=O) groups excluding carboxylic acids is 3. The van der Waals surface area contributed by atoms with Crippen LogP contribution in [0.15, 0.2) is 34.8 Å². The van der Waals surface area contributed by atoms with Gasteiger partial charge in [0, 0.05) is 28.0 Å². The van der Waals surface area contributed by atoms with Crippen molar-refractivity contribution in [3.63, 3.8) is 0 Å². The highest BCUT2D eigenvalue weighted by molar-refractivity contribution is 9.10. The number of ether oxygens (including phenoxy) is 2. The lowest BCUT2D eigenvalue weighted by atomic mass is 10.1. The van der Waals surface area contributed by atoms with Gasteiger partial charge in [-0.1, -0.05) is 27.5 Å². The third kappa shape index (κ3) is 7.88. The van der Waals surface area contributed by atoms with E-state index in [1.807, 2.05) is 26.0 Å². The number of amides is 2. The van der Waals surface area contributed by atoms with Crippen molar-refractivity contribution in [3.8, 4) is 5.75 Å². The SMILES string of the molecule is COc1ccc(Cl)cc1NC(=O)CCCC(=O)OCC(=O)Nc1cc(C)c(Br)cc1C. The minimum Gasteiger partial charge on any atom is -0.495 e. The fourth-order valence-electron chi connectivity index (χ4n) is 2.70. The standard InChI is InChI=1S/C22H24BrClN2O5/c1-13-10-17(14(2)9-16(13)23)25-21(28)12-31-22(29)6-4-5-20(27)26-18-11-15(24)7-8-19(18)30-3/h7-11H,4-6,12H2,1-3H3,(H,25,28)(H,26,27). The molecular weight excluding hydrogens is 488 g/mol. The number of carbonyl (C=O) groups is 3. The molecule has 7 nitrogen and oxygen atoms in total. The van der Waals surface area contributed by atoms with Crippen LogP contribution in [0.4, 0.5) is 11.4 Å². The molecule has 0 saturated heterocycles. The molecule has 0 bridgehead atoms. The molecular formula is C22H24BrClN2O5. The second kappa shape index (κ2) is 11.7. The maximum absolute atomic E-state index is 12.1. The predicted octanol–water partition coefficient (Wildman–Crippen LogP) is 5.02. The van der Waals surface area contributed by atoms with Crippen LogP contribution in [0.5, 0.6) is 5.75 Å². The minimum atomic E-state index is -0.549. The normalized spacial score (nSPS) is 10.4. The van der Waals surface area contributed by atoms with E-state index in [0.717, 1.165) is 15.6 Å². The molecule has 2 rings (SSSR count). The van der Waals surface area contributed by atoms with Crippen LogP contribution in [0.25, 0.3) is 0 Å². The summed E-state index contributed by atoms with van der Waals surface area (Å²) in [6.07, 6.45) is 0.401. The fourth-order valence-corrected chi connectivity index (χ4v) is 3.33. The molecule has 31 heavy (non-hydrogen) atoms. The summed E-state index contributed by atoms with van der Waals surface area (Å²) in [6.45, 7) is 3.40. The molecule has 2 amide bonds. The molecule has 0 atom stereocenters. The number of methoxy groups -OCH3 is 1. The summed E-state index contributed by atoms with van der Waals surface area (Å²) in [5, 5.41) is 5.89. The summed E-state index contributed by atoms with van der Waals surface area (Å²) in [6, 6.07) is 8.63. The molecule has 0 aromatic heterocycles. The van der Waals surface area contributed by atoms with E-state index in [2.05, 4.69) is 26.6 Å². The lowest BCUT2D eigenvalue weighted by Gasteiger charge is -2.11. The van der Waals surface area contributed by atoms with Crippen molar-refractivity contribution in [1.82, 2.24) is 0 Å². The van der Waals surface area contributed by atoms with E-state index in [9.17, 15) is 14.4 Å². The van der Waals surface area contributed by atoms with Crippen LogP contribution in [0.3, 0.4) is 0 Å². The molecule has 0 fully saturated rings. The Hall–Kier alpha value is -2.58. The van der Waals surface area contributed by atoms with Crippen molar-refractivity contribution < 1.29 is 23.9 Å². The van der Waals surface area contributed by atoms with E-state index in [0.29, 0.717) is 22.1 Å². The maximum atomic E-state index is 12.1. The van der Waals surface area contributed by atoms with Gasteiger partial charge in [-0.2, -0.15) is 0 Å². The van der Waals surface area contributed by atoms with Crippen molar-refractivity contribution >= 4 is 56.7 Å². The molecule has 0 saturated carbocycles. The summed E-state index contributed by atoms with van der Waals surface area (Å²) < 4.78 is 11.1. The summed E-state index contributed by atoms with van der Waals surface area (Å²) in [5.74, 6) is -0.775. The molecule has 0 unspecified atom stereocenters. The summed E-state index contributed by atoms with van der Waals surface area (Å²) in [5.41, 5.74) is 2.98. The van der Waals surface area contributed by atoms with Crippen LogP contribution in [-0.4, -0.2) is 31.5 Å². The molecule has 0 heterocycles. The maximum Gasteiger partial charge on any atom is 0.306 e. The number of nitrogens with one attached hydrogen (secondary N) is 2. The second-order valence-corrected chi connectivity index (χ2v) is 8.16. The van der Waals surface area contributed by atoms with Gasteiger partial charge in [0.1, 0.15) is 5.75 Å². The largest absolute Gasteiger partial charge is 0.495 e. The molecule has 9 heteroatoms. The van der Waals surface area contributed by atoms with Crippen LogP contribution < -0.4 is 15.4 Å². The lowest BCUT2D eigenvalue weighted by Crippen LogP contribution is -2.21. The zero-order valence-corrected chi connectivity index (χ0v) is 19.9. The smallest absolute Gasteiger partial charge is 0.306 e. The van der Waals surface area contributed by atoms with Gasteiger partial charge in [-0.3, -0.25) is 14.4 Å². The number of hydrogen-bond acceptors (Lipinski definition) is 5. The number of aryl methyl sites for hydroxylation is 2. The molecule has 166 valence electrons. The fraction of sp³-hybridized carbons (Fsp3) is 0.318. The first-order valence-electron chi connectivity index (χ1n) is 9.55. The van der Waals surface area contributed by atoms with E-state index >= 15 is 0 Å². The number of rotatable bonds is 9. The highest BCUT2D eigenvalue weighted by Gasteiger charge is 2.12. The van der Waals surface area contributed by atoms with E-state index in [1.54, 1.807) is 18.2 Å². The molecule has 0 aliphatic carbocycles. The lowest BCUT2D eigenvalue weighted by molar-refractivity contribution is -0.147. The van der Waals surface area contributed by atoms with Crippen LogP contribution >= 0.6 is 27.5 Å². The Morgan fingerprint density at radius 1 is 0.968 bits per heavy atom. The third-order valence-corrected chi connectivity index (χ3v) is 5.45. The summed E-state index contributed by atoms with van der Waals surface area (Å²) in [4.78, 5) is 36.0. The van der Waals surface area contributed by atoms with E-state index in [-0.39, 0.29) is 31.8 Å². The monoisotopic (exact) mass is 510 g/mol. The zero-order valence-electron chi connectivity index (χ0n) is 17.5. The highest BCUT2D eigenvalue weighted by atomic mass is 79.9. The number of hydrogen-bond donors (Lipinski definition) is 2. The topological polar surface area (TPSA) is 93.7 Å². The molecule has 0 aliphatic rings. The molecule has 2 aromatic rings. The first-order valence-corrected chi connectivity index (χ1v) is 10.7. The quantitative estimate of drug-likeness (QED) is 0.461. The highest BCUT2D eigenvalue weighted by Crippen LogP contribution is 2.28.